The van der Waals surface area contributed by atoms with Gasteiger partial charge in [0.25, 0.3) is 0 Å². The first-order valence-electron chi connectivity index (χ1n) is 10.0. The van der Waals surface area contributed by atoms with Crippen LogP contribution >= 0.6 is 0 Å². The third kappa shape index (κ3) is 6.61. The molecule has 1 N–H and O–H groups in total. The number of nitrogens with one attached hydrogen (secondary N) is 1. The molecule has 3 nitrogen and oxygen atoms in total. The lowest BCUT2D eigenvalue weighted by Crippen LogP contribution is -2.16. The first-order chi connectivity index (χ1) is 14.1. The maximum atomic E-state index is 13.0. The van der Waals surface area contributed by atoms with E-state index < -0.39 is 0 Å². The molecule has 152 valence electrons. The highest BCUT2D eigenvalue weighted by Crippen LogP contribution is 2.29. The Balaban J connectivity index is 1.53. The summed E-state index contributed by atoms with van der Waals surface area (Å²) in [6.07, 6.45) is 0.857. The molecule has 3 aromatic rings. The fourth-order valence-electron chi connectivity index (χ4n) is 3.01. The summed E-state index contributed by atoms with van der Waals surface area (Å²) in [5.74, 6) is 1.31. The first-order valence-corrected chi connectivity index (χ1v) is 10.0. The van der Waals surface area contributed by atoms with Crippen LogP contribution in [0.4, 0.5) is 4.39 Å². The molecule has 0 aliphatic rings. The van der Waals surface area contributed by atoms with E-state index in [4.69, 9.17) is 9.47 Å². The van der Waals surface area contributed by atoms with Crippen LogP contribution in [0.15, 0.2) is 66.7 Å². The number of hydrogen-bond donors (Lipinski definition) is 1. The number of halogens is 1. The van der Waals surface area contributed by atoms with Gasteiger partial charge >= 0.3 is 0 Å². The molecule has 0 radical (unpaired) electrons. The molecule has 0 spiro atoms. The van der Waals surface area contributed by atoms with Crippen LogP contribution in [-0.4, -0.2) is 13.2 Å². The molecule has 3 rings (SSSR count). The summed E-state index contributed by atoms with van der Waals surface area (Å²) in [5, 5.41) is 3.43. The standard InChI is InChI=1S/C25H28FNO2/c1-3-28-25-16-22(17-27-15-14-20-8-11-23(26)12-9-20)10-13-24(25)29-18-21-6-4-19(2)5-7-21/h4-13,16,27H,3,14-15,17-18H2,1-2H3. The Morgan fingerprint density at radius 3 is 2.21 bits per heavy atom. The van der Waals surface area contributed by atoms with Gasteiger partial charge in [0.15, 0.2) is 11.5 Å². The molecule has 0 saturated heterocycles. The molecule has 0 heterocycles. The highest BCUT2D eigenvalue weighted by molar-refractivity contribution is 5.43. The summed E-state index contributed by atoms with van der Waals surface area (Å²) in [6.45, 7) is 6.69. The molecule has 0 aliphatic heterocycles. The zero-order chi connectivity index (χ0) is 20.5. The van der Waals surface area contributed by atoms with E-state index in [0.717, 1.165) is 47.7 Å². The number of benzene rings is 3. The van der Waals surface area contributed by atoms with Crippen LogP contribution in [0.1, 0.15) is 29.2 Å². The smallest absolute Gasteiger partial charge is 0.161 e. The topological polar surface area (TPSA) is 30.5 Å². The van der Waals surface area contributed by atoms with Crippen LogP contribution in [0, 0.1) is 12.7 Å². The van der Waals surface area contributed by atoms with Gasteiger partial charge < -0.3 is 14.8 Å². The predicted octanol–water partition coefficient (Wildman–Crippen LogP) is 5.44. The lowest BCUT2D eigenvalue weighted by Gasteiger charge is -2.14. The lowest BCUT2D eigenvalue weighted by atomic mass is 10.1. The molecule has 0 aromatic heterocycles. The highest BCUT2D eigenvalue weighted by Gasteiger charge is 2.07. The summed E-state index contributed by atoms with van der Waals surface area (Å²) in [5.41, 5.74) is 4.62. The second-order valence-electron chi connectivity index (χ2n) is 7.04. The van der Waals surface area contributed by atoms with Crippen molar-refractivity contribution in [2.45, 2.75) is 33.4 Å². The molecular formula is C25H28FNO2. The van der Waals surface area contributed by atoms with Crippen molar-refractivity contribution in [3.63, 3.8) is 0 Å². The molecule has 0 amide bonds. The van der Waals surface area contributed by atoms with Crippen molar-refractivity contribution in [2.24, 2.45) is 0 Å². The Labute approximate surface area is 172 Å². The third-order valence-electron chi connectivity index (χ3n) is 4.66. The minimum absolute atomic E-state index is 0.199. The average molecular weight is 394 g/mol. The largest absolute Gasteiger partial charge is 0.490 e. The van der Waals surface area contributed by atoms with Gasteiger partial charge in [-0.3, -0.25) is 0 Å². The maximum absolute atomic E-state index is 13.0. The second-order valence-corrected chi connectivity index (χ2v) is 7.04. The summed E-state index contributed by atoms with van der Waals surface area (Å²) in [7, 11) is 0. The molecule has 4 heteroatoms. The van der Waals surface area contributed by atoms with Gasteiger partial charge in [-0.1, -0.05) is 48.0 Å². The maximum Gasteiger partial charge on any atom is 0.161 e. The Morgan fingerprint density at radius 1 is 0.793 bits per heavy atom. The molecule has 0 aliphatic carbocycles. The number of ether oxygens (including phenoxy) is 2. The monoisotopic (exact) mass is 393 g/mol. The minimum atomic E-state index is -0.199. The van der Waals surface area contributed by atoms with Crippen LogP contribution in [0.25, 0.3) is 0 Å². The normalized spacial score (nSPS) is 10.7. The second kappa shape index (κ2) is 10.6. The minimum Gasteiger partial charge on any atom is -0.490 e. The van der Waals surface area contributed by atoms with Crippen LogP contribution in [0.5, 0.6) is 11.5 Å². The van der Waals surface area contributed by atoms with Gasteiger partial charge in [0.2, 0.25) is 0 Å². The van der Waals surface area contributed by atoms with Gasteiger partial charge in [-0.05, 0) is 67.8 Å². The van der Waals surface area contributed by atoms with Gasteiger partial charge in [-0.2, -0.15) is 0 Å². The van der Waals surface area contributed by atoms with Crippen LogP contribution in [0.3, 0.4) is 0 Å². The van der Waals surface area contributed by atoms with Gasteiger partial charge in [0, 0.05) is 6.54 Å². The van der Waals surface area contributed by atoms with E-state index in [1.165, 1.54) is 17.7 Å². The van der Waals surface area contributed by atoms with Crippen molar-refractivity contribution in [1.29, 1.82) is 0 Å². The zero-order valence-corrected chi connectivity index (χ0v) is 17.1. The molecule has 0 fully saturated rings. The van der Waals surface area contributed by atoms with Crippen molar-refractivity contribution >= 4 is 0 Å². The lowest BCUT2D eigenvalue weighted by molar-refractivity contribution is 0.269. The summed E-state index contributed by atoms with van der Waals surface area (Å²) in [6, 6.07) is 21.0. The van der Waals surface area contributed by atoms with E-state index in [0.29, 0.717) is 13.2 Å². The Morgan fingerprint density at radius 2 is 1.48 bits per heavy atom. The third-order valence-corrected chi connectivity index (χ3v) is 4.66. The Kier molecular flexibility index (Phi) is 7.65. The highest BCUT2D eigenvalue weighted by atomic mass is 19.1. The predicted molar refractivity (Wildman–Crippen MR) is 115 cm³/mol. The fraction of sp³-hybridized carbons (Fsp3) is 0.280. The van der Waals surface area contributed by atoms with Crippen molar-refractivity contribution in [2.75, 3.05) is 13.2 Å². The average Bonchev–Trinajstić information content (AvgIpc) is 2.73. The molecule has 29 heavy (non-hydrogen) atoms. The molecule has 0 unspecified atom stereocenters. The van der Waals surface area contributed by atoms with E-state index in [-0.39, 0.29) is 5.82 Å². The van der Waals surface area contributed by atoms with E-state index in [1.807, 2.05) is 31.2 Å². The Hall–Kier alpha value is -2.85. The number of aryl methyl sites for hydroxylation is 1. The SMILES string of the molecule is CCOc1cc(CNCCc2ccc(F)cc2)ccc1OCc1ccc(C)cc1. The van der Waals surface area contributed by atoms with Crippen LogP contribution in [0.2, 0.25) is 0 Å². The zero-order valence-electron chi connectivity index (χ0n) is 17.1. The Bertz CT molecular complexity index is 892. The van der Waals surface area contributed by atoms with Gasteiger partial charge in [0.1, 0.15) is 12.4 Å². The quantitative estimate of drug-likeness (QED) is 0.465. The van der Waals surface area contributed by atoms with Crippen molar-refractivity contribution < 1.29 is 13.9 Å². The molecular weight excluding hydrogens is 365 g/mol. The summed E-state index contributed by atoms with van der Waals surface area (Å²) < 4.78 is 24.7. The van der Waals surface area contributed by atoms with Crippen molar-refractivity contribution in [3.05, 3.63) is 94.8 Å². The fourth-order valence-corrected chi connectivity index (χ4v) is 3.01. The van der Waals surface area contributed by atoms with E-state index in [2.05, 4.69) is 42.6 Å². The molecule has 3 aromatic carbocycles. The molecule has 0 atom stereocenters. The number of hydrogen-bond acceptors (Lipinski definition) is 3. The molecule has 0 saturated carbocycles. The van der Waals surface area contributed by atoms with Crippen LogP contribution in [-0.2, 0) is 19.6 Å². The van der Waals surface area contributed by atoms with Gasteiger partial charge in [-0.15, -0.1) is 0 Å². The van der Waals surface area contributed by atoms with Crippen molar-refractivity contribution in [1.82, 2.24) is 5.32 Å². The van der Waals surface area contributed by atoms with Gasteiger partial charge in [0.05, 0.1) is 6.61 Å². The molecule has 0 bridgehead atoms. The van der Waals surface area contributed by atoms with Gasteiger partial charge in [-0.25, -0.2) is 4.39 Å². The van der Waals surface area contributed by atoms with E-state index in [1.54, 1.807) is 0 Å². The van der Waals surface area contributed by atoms with Crippen LogP contribution < -0.4 is 14.8 Å². The first kappa shape index (κ1) is 20.9. The van der Waals surface area contributed by atoms with E-state index in [9.17, 15) is 4.39 Å². The number of rotatable bonds is 10. The van der Waals surface area contributed by atoms with Crippen molar-refractivity contribution in [3.8, 4) is 11.5 Å². The summed E-state index contributed by atoms with van der Waals surface area (Å²) in [4.78, 5) is 0. The van der Waals surface area contributed by atoms with E-state index >= 15 is 0 Å². The summed E-state index contributed by atoms with van der Waals surface area (Å²) >= 11 is 0.